The van der Waals surface area contributed by atoms with Crippen LogP contribution in [0.2, 0.25) is 0 Å². The van der Waals surface area contributed by atoms with Crippen molar-refractivity contribution in [2.24, 2.45) is 5.10 Å². The van der Waals surface area contributed by atoms with E-state index in [-0.39, 0.29) is 23.9 Å². The molecule has 0 radical (unpaired) electrons. The normalized spacial score (nSPS) is 10.8. The van der Waals surface area contributed by atoms with E-state index in [0.29, 0.717) is 16.8 Å². The number of nitro groups is 1. The Morgan fingerprint density at radius 2 is 2.20 bits per heavy atom. The Labute approximate surface area is 142 Å². The highest BCUT2D eigenvalue weighted by Crippen LogP contribution is 2.36. The predicted octanol–water partition coefficient (Wildman–Crippen LogP) is 1.85. The zero-order chi connectivity index (χ0) is 18.6. The van der Waals surface area contributed by atoms with Crippen LogP contribution in [0.1, 0.15) is 23.7 Å². The Kier molecular flexibility index (Phi) is 5.32. The minimum absolute atomic E-state index is 0.0177. The van der Waals surface area contributed by atoms with Gasteiger partial charge in [0.15, 0.2) is 5.75 Å². The van der Waals surface area contributed by atoms with E-state index in [2.05, 4.69) is 20.5 Å². The maximum absolute atomic E-state index is 11.7. The van der Waals surface area contributed by atoms with Crippen molar-refractivity contribution in [3.63, 3.8) is 0 Å². The molecule has 1 aromatic carbocycles. The van der Waals surface area contributed by atoms with E-state index in [9.17, 15) is 20.0 Å². The first-order valence-electron chi connectivity index (χ1n) is 7.34. The van der Waals surface area contributed by atoms with Crippen LogP contribution in [0.25, 0.3) is 0 Å². The molecule has 0 atom stereocenters. The first-order valence-corrected chi connectivity index (χ1v) is 7.34. The monoisotopic (exact) mass is 347 g/mol. The van der Waals surface area contributed by atoms with Gasteiger partial charge in [0.25, 0.3) is 5.56 Å². The summed E-state index contributed by atoms with van der Waals surface area (Å²) in [6.07, 6.45) is 1.28. The summed E-state index contributed by atoms with van der Waals surface area (Å²) in [5.41, 5.74) is 3.15. The molecule has 2 aromatic rings. The van der Waals surface area contributed by atoms with E-state index in [4.69, 9.17) is 4.74 Å². The Morgan fingerprint density at radius 1 is 1.48 bits per heavy atom. The molecule has 1 heterocycles. The van der Waals surface area contributed by atoms with Crippen LogP contribution in [0.3, 0.4) is 0 Å². The number of anilines is 1. The Balaban J connectivity index is 2.28. The van der Waals surface area contributed by atoms with Gasteiger partial charge in [0, 0.05) is 22.9 Å². The fourth-order valence-electron chi connectivity index (χ4n) is 1.96. The van der Waals surface area contributed by atoms with E-state index in [1.165, 1.54) is 12.3 Å². The predicted molar refractivity (Wildman–Crippen MR) is 91.5 cm³/mol. The van der Waals surface area contributed by atoms with Gasteiger partial charge in [-0.15, -0.1) is 0 Å². The van der Waals surface area contributed by atoms with Crippen molar-refractivity contribution in [2.75, 3.05) is 12.0 Å². The quantitative estimate of drug-likeness (QED) is 0.411. The summed E-state index contributed by atoms with van der Waals surface area (Å²) in [5.74, 6) is -0.421. The van der Waals surface area contributed by atoms with E-state index in [1.54, 1.807) is 20.8 Å². The molecule has 0 aliphatic carbocycles. The van der Waals surface area contributed by atoms with Crippen molar-refractivity contribution >= 4 is 17.9 Å². The number of ether oxygens (including phenoxy) is 1. The lowest BCUT2D eigenvalue weighted by atomic mass is 10.2. The Bertz CT molecular complexity index is 891. The fraction of sp³-hybridized carbons (Fsp3) is 0.267. The third-order valence-corrected chi connectivity index (χ3v) is 3.35. The average Bonchev–Trinajstić information content (AvgIpc) is 2.55. The zero-order valence-electron chi connectivity index (χ0n) is 13.9. The summed E-state index contributed by atoms with van der Waals surface area (Å²) in [5, 5.41) is 24.7. The standard InChI is InChI=1S/C15H17N5O5/c1-4-25-12-6-10(5-11(13(12)21)20(23)24)7-16-19-15-17-9(3)8(2)14(22)18-15/h5-7,21H,4H2,1-3H3,(H2,17,18,19,22)/b16-7-. The molecule has 0 aliphatic rings. The Hall–Kier alpha value is -3.43. The maximum Gasteiger partial charge on any atom is 0.315 e. The molecule has 25 heavy (non-hydrogen) atoms. The first kappa shape index (κ1) is 17.9. The van der Waals surface area contributed by atoms with Gasteiger partial charge in [-0.05, 0) is 26.8 Å². The number of rotatable bonds is 6. The molecule has 10 nitrogen and oxygen atoms in total. The number of aromatic hydroxyl groups is 1. The molecule has 0 unspecified atom stereocenters. The SMILES string of the molecule is CCOc1cc(/C=N\Nc2nc(C)c(C)c(=O)[nH]2)cc([N+](=O)[O-])c1O. The van der Waals surface area contributed by atoms with Crippen LogP contribution in [0.15, 0.2) is 22.0 Å². The topological polar surface area (TPSA) is 143 Å². The minimum atomic E-state index is -0.717. The van der Waals surface area contributed by atoms with Crippen LogP contribution in [-0.2, 0) is 0 Å². The van der Waals surface area contributed by atoms with Crippen LogP contribution in [0, 0.1) is 24.0 Å². The lowest BCUT2D eigenvalue weighted by Crippen LogP contribution is -2.15. The smallest absolute Gasteiger partial charge is 0.315 e. The molecule has 0 aliphatic heterocycles. The van der Waals surface area contributed by atoms with Gasteiger partial charge in [-0.1, -0.05) is 0 Å². The molecule has 0 saturated heterocycles. The Morgan fingerprint density at radius 3 is 2.80 bits per heavy atom. The molecular weight excluding hydrogens is 330 g/mol. The van der Waals surface area contributed by atoms with Gasteiger partial charge in [-0.3, -0.25) is 19.9 Å². The molecule has 1 aromatic heterocycles. The molecule has 0 spiro atoms. The maximum atomic E-state index is 11.7. The number of aromatic nitrogens is 2. The highest BCUT2D eigenvalue weighted by Gasteiger charge is 2.19. The summed E-state index contributed by atoms with van der Waals surface area (Å²) >= 11 is 0. The van der Waals surface area contributed by atoms with Gasteiger partial charge in [-0.25, -0.2) is 10.4 Å². The number of aryl methyl sites for hydroxylation is 1. The summed E-state index contributed by atoms with van der Waals surface area (Å²) < 4.78 is 5.18. The zero-order valence-corrected chi connectivity index (χ0v) is 13.9. The molecule has 0 saturated carbocycles. The molecule has 2 rings (SSSR count). The molecule has 0 amide bonds. The number of nitro benzene ring substituents is 1. The number of nitrogens with one attached hydrogen (secondary N) is 2. The molecule has 10 heteroatoms. The third kappa shape index (κ3) is 4.10. The van der Waals surface area contributed by atoms with E-state index in [1.807, 2.05) is 0 Å². The van der Waals surface area contributed by atoms with Crippen molar-refractivity contribution < 1.29 is 14.8 Å². The molecule has 0 fully saturated rings. The van der Waals surface area contributed by atoms with Crippen LogP contribution < -0.4 is 15.7 Å². The molecule has 0 bridgehead atoms. The van der Waals surface area contributed by atoms with E-state index < -0.39 is 16.4 Å². The van der Waals surface area contributed by atoms with E-state index >= 15 is 0 Å². The van der Waals surface area contributed by atoms with Crippen molar-refractivity contribution in [1.82, 2.24) is 9.97 Å². The summed E-state index contributed by atoms with van der Waals surface area (Å²) in [6, 6.07) is 2.56. The van der Waals surface area contributed by atoms with Gasteiger partial charge in [0.05, 0.1) is 17.7 Å². The number of nitrogens with zero attached hydrogens (tertiary/aromatic N) is 3. The number of phenols is 1. The second kappa shape index (κ2) is 7.43. The van der Waals surface area contributed by atoms with Crippen molar-refractivity contribution in [1.29, 1.82) is 0 Å². The van der Waals surface area contributed by atoms with Crippen molar-refractivity contribution in [2.45, 2.75) is 20.8 Å². The van der Waals surface area contributed by atoms with Gasteiger partial charge in [-0.2, -0.15) is 5.10 Å². The third-order valence-electron chi connectivity index (χ3n) is 3.35. The summed E-state index contributed by atoms with van der Waals surface area (Å²) in [6.45, 7) is 5.27. The van der Waals surface area contributed by atoms with Gasteiger partial charge >= 0.3 is 5.69 Å². The lowest BCUT2D eigenvalue weighted by molar-refractivity contribution is -0.386. The number of H-pyrrole nitrogens is 1. The van der Waals surface area contributed by atoms with Crippen molar-refractivity contribution in [3.8, 4) is 11.5 Å². The first-order chi connectivity index (χ1) is 11.8. The largest absolute Gasteiger partial charge is 0.500 e. The molecular formula is C15H17N5O5. The van der Waals surface area contributed by atoms with Gasteiger partial charge in [0.2, 0.25) is 11.7 Å². The molecule has 3 N–H and O–H groups in total. The van der Waals surface area contributed by atoms with Crippen molar-refractivity contribution in [3.05, 3.63) is 49.4 Å². The summed E-state index contributed by atoms with van der Waals surface area (Å²) in [7, 11) is 0. The number of hydrogen-bond donors (Lipinski definition) is 3. The second-order valence-electron chi connectivity index (χ2n) is 5.07. The second-order valence-corrected chi connectivity index (χ2v) is 5.07. The number of phenolic OH excluding ortho intramolecular Hbond substituents is 1. The highest BCUT2D eigenvalue weighted by atomic mass is 16.6. The average molecular weight is 347 g/mol. The van der Waals surface area contributed by atoms with Crippen LogP contribution >= 0.6 is 0 Å². The highest BCUT2D eigenvalue weighted by molar-refractivity contribution is 5.83. The fourth-order valence-corrected chi connectivity index (χ4v) is 1.96. The van der Waals surface area contributed by atoms with Gasteiger partial charge < -0.3 is 9.84 Å². The number of aromatic amines is 1. The van der Waals surface area contributed by atoms with Crippen LogP contribution in [-0.4, -0.2) is 32.8 Å². The molecule has 132 valence electrons. The number of hydrogen-bond acceptors (Lipinski definition) is 8. The lowest BCUT2D eigenvalue weighted by Gasteiger charge is -2.07. The number of hydrazone groups is 1. The minimum Gasteiger partial charge on any atom is -0.500 e. The van der Waals surface area contributed by atoms with E-state index in [0.717, 1.165) is 6.07 Å². The summed E-state index contributed by atoms with van der Waals surface area (Å²) in [4.78, 5) is 28.6. The van der Waals surface area contributed by atoms with Gasteiger partial charge in [0.1, 0.15) is 0 Å². The number of benzene rings is 1. The van der Waals surface area contributed by atoms with Crippen LogP contribution in [0.5, 0.6) is 11.5 Å². The van der Waals surface area contributed by atoms with Crippen LogP contribution in [0.4, 0.5) is 11.6 Å².